The molecule has 0 fully saturated rings. The van der Waals surface area contributed by atoms with Gasteiger partial charge in [0.15, 0.2) is 0 Å². The smallest absolute Gasteiger partial charge is 0.251 e. The van der Waals surface area contributed by atoms with E-state index in [9.17, 15) is 4.79 Å². The molecule has 2 aromatic rings. The number of aryl methyl sites for hydroxylation is 1. The highest BCUT2D eigenvalue weighted by Crippen LogP contribution is 2.17. The van der Waals surface area contributed by atoms with Crippen molar-refractivity contribution in [2.75, 3.05) is 6.54 Å². The monoisotopic (exact) mass is 302 g/mol. The molecule has 5 nitrogen and oxygen atoms in total. The SMILES string of the molecule is Cn1nccc1CNC(=O)c1ccc(C#CCN)c(Cl)c1. The van der Waals surface area contributed by atoms with Crippen LogP contribution in [0.15, 0.2) is 30.5 Å². The van der Waals surface area contributed by atoms with Crippen LogP contribution < -0.4 is 11.1 Å². The molecule has 0 saturated carbocycles. The van der Waals surface area contributed by atoms with E-state index < -0.39 is 0 Å². The molecule has 21 heavy (non-hydrogen) atoms. The third-order valence-electron chi connectivity index (χ3n) is 2.91. The summed E-state index contributed by atoms with van der Waals surface area (Å²) in [5.74, 6) is 5.38. The quantitative estimate of drug-likeness (QED) is 0.840. The highest BCUT2D eigenvalue weighted by atomic mass is 35.5. The normalized spacial score (nSPS) is 9.86. The van der Waals surface area contributed by atoms with Gasteiger partial charge in [-0.05, 0) is 24.3 Å². The zero-order chi connectivity index (χ0) is 15.2. The zero-order valence-corrected chi connectivity index (χ0v) is 12.3. The molecule has 6 heteroatoms. The Labute approximate surface area is 128 Å². The zero-order valence-electron chi connectivity index (χ0n) is 11.6. The third kappa shape index (κ3) is 3.85. The summed E-state index contributed by atoms with van der Waals surface area (Å²) in [4.78, 5) is 12.1. The summed E-state index contributed by atoms with van der Waals surface area (Å²) in [6, 6.07) is 6.84. The molecule has 108 valence electrons. The summed E-state index contributed by atoms with van der Waals surface area (Å²) in [5, 5.41) is 7.29. The molecular formula is C15H15ClN4O. The van der Waals surface area contributed by atoms with Crippen molar-refractivity contribution in [3.8, 4) is 11.8 Å². The molecule has 0 saturated heterocycles. The number of benzene rings is 1. The number of carbonyl (C=O) groups excluding carboxylic acids is 1. The van der Waals surface area contributed by atoms with Crippen molar-refractivity contribution in [1.29, 1.82) is 0 Å². The van der Waals surface area contributed by atoms with Crippen LogP contribution in [0.1, 0.15) is 21.6 Å². The number of rotatable bonds is 3. The number of nitrogens with two attached hydrogens (primary N) is 1. The molecule has 1 heterocycles. The molecule has 1 aromatic carbocycles. The Morgan fingerprint density at radius 2 is 2.29 bits per heavy atom. The minimum absolute atomic E-state index is 0.198. The average molecular weight is 303 g/mol. The Morgan fingerprint density at radius 3 is 2.90 bits per heavy atom. The van der Waals surface area contributed by atoms with Gasteiger partial charge in [0.2, 0.25) is 0 Å². The van der Waals surface area contributed by atoms with Crippen LogP contribution in [0.3, 0.4) is 0 Å². The van der Waals surface area contributed by atoms with Gasteiger partial charge in [0, 0.05) is 24.4 Å². The molecule has 0 aliphatic heterocycles. The predicted molar refractivity (Wildman–Crippen MR) is 81.8 cm³/mol. The summed E-state index contributed by atoms with van der Waals surface area (Å²) >= 11 is 6.10. The maximum Gasteiger partial charge on any atom is 0.251 e. The van der Waals surface area contributed by atoms with E-state index >= 15 is 0 Å². The van der Waals surface area contributed by atoms with E-state index in [0.717, 1.165) is 5.69 Å². The van der Waals surface area contributed by atoms with E-state index in [1.54, 1.807) is 29.1 Å². The lowest BCUT2D eigenvalue weighted by Crippen LogP contribution is -2.24. The molecule has 1 aromatic heterocycles. The number of hydrogen-bond acceptors (Lipinski definition) is 3. The van der Waals surface area contributed by atoms with Crippen molar-refractivity contribution in [1.82, 2.24) is 15.1 Å². The maximum absolute atomic E-state index is 12.1. The first-order valence-corrected chi connectivity index (χ1v) is 6.73. The number of aromatic nitrogens is 2. The van der Waals surface area contributed by atoms with E-state index in [-0.39, 0.29) is 12.5 Å². The molecule has 0 aliphatic carbocycles. The number of amides is 1. The fraction of sp³-hybridized carbons (Fsp3) is 0.200. The molecule has 0 spiro atoms. The van der Waals surface area contributed by atoms with E-state index in [0.29, 0.717) is 22.7 Å². The second-order valence-electron chi connectivity index (χ2n) is 4.33. The highest BCUT2D eigenvalue weighted by molar-refractivity contribution is 6.32. The first kappa shape index (κ1) is 15.1. The largest absolute Gasteiger partial charge is 0.346 e. The minimum Gasteiger partial charge on any atom is -0.346 e. The van der Waals surface area contributed by atoms with Gasteiger partial charge in [-0.2, -0.15) is 5.10 Å². The van der Waals surface area contributed by atoms with Gasteiger partial charge < -0.3 is 11.1 Å². The summed E-state index contributed by atoms with van der Waals surface area (Å²) in [6.45, 7) is 0.672. The van der Waals surface area contributed by atoms with Gasteiger partial charge in [0.25, 0.3) is 5.91 Å². The van der Waals surface area contributed by atoms with Gasteiger partial charge in [0.05, 0.1) is 23.8 Å². The number of hydrogen-bond donors (Lipinski definition) is 2. The van der Waals surface area contributed by atoms with Crippen molar-refractivity contribution in [3.63, 3.8) is 0 Å². The highest BCUT2D eigenvalue weighted by Gasteiger charge is 2.08. The Hall–Kier alpha value is -2.29. The first-order chi connectivity index (χ1) is 10.1. The summed E-state index contributed by atoms with van der Waals surface area (Å²) < 4.78 is 1.71. The molecule has 2 rings (SSSR count). The van der Waals surface area contributed by atoms with E-state index in [4.69, 9.17) is 17.3 Å². The van der Waals surface area contributed by atoms with Gasteiger partial charge >= 0.3 is 0 Å². The summed E-state index contributed by atoms with van der Waals surface area (Å²) in [7, 11) is 1.82. The topological polar surface area (TPSA) is 72.9 Å². The molecule has 0 radical (unpaired) electrons. The minimum atomic E-state index is -0.198. The number of nitrogens with one attached hydrogen (secondary N) is 1. The Bertz CT molecular complexity index is 712. The Balaban J connectivity index is 2.06. The van der Waals surface area contributed by atoms with Gasteiger partial charge in [-0.15, -0.1) is 0 Å². The van der Waals surface area contributed by atoms with E-state index in [1.165, 1.54) is 0 Å². The van der Waals surface area contributed by atoms with Crippen LogP contribution >= 0.6 is 11.6 Å². The van der Waals surface area contributed by atoms with Crippen LogP contribution in [0.25, 0.3) is 0 Å². The van der Waals surface area contributed by atoms with Crippen LogP contribution in [-0.2, 0) is 13.6 Å². The summed E-state index contributed by atoms with van der Waals surface area (Å²) in [5.41, 5.74) is 7.38. The van der Waals surface area contributed by atoms with Crippen LogP contribution in [0, 0.1) is 11.8 Å². The molecule has 0 bridgehead atoms. The number of halogens is 1. The number of carbonyl (C=O) groups is 1. The maximum atomic E-state index is 12.1. The molecular weight excluding hydrogens is 288 g/mol. The third-order valence-corrected chi connectivity index (χ3v) is 3.22. The van der Waals surface area contributed by atoms with Crippen molar-refractivity contribution in [2.45, 2.75) is 6.54 Å². The second-order valence-corrected chi connectivity index (χ2v) is 4.74. The van der Waals surface area contributed by atoms with E-state index in [2.05, 4.69) is 22.3 Å². The Morgan fingerprint density at radius 1 is 1.48 bits per heavy atom. The van der Waals surface area contributed by atoms with Gasteiger partial charge in [0.1, 0.15) is 0 Å². The van der Waals surface area contributed by atoms with Crippen molar-refractivity contribution >= 4 is 17.5 Å². The van der Waals surface area contributed by atoms with Crippen molar-refractivity contribution in [3.05, 3.63) is 52.3 Å². The van der Waals surface area contributed by atoms with Gasteiger partial charge in [-0.25, -0.2) is 0 Å². The summed E-state index contributed by atoms with van der Waals surface area (Å²) in [6.07, 6.45) is 1.68. The van der Waals surface area contributed by atoms with Crippen molar-refractivity contribution < 1.29 is 4.79 Å². The number of nitrogens with zero attached hydrogens (tertiary/aromatic N) is 2. The lowest BCUT2D eigenvalue weighted by Gasteiger charge is -2.06. The predicted octanol–water partition coefficient (Wildman–Crippen LogP) is 1.31. The van der Waals surface area contributed by atoms with Crippen LogP contribution in [-0.4, -0.2) is 22.2 Å². The Kier molecular flexibility index (Phi) is 4.99. The lowest BCUT2D eigenvalue weighted by molar-refractivity contribution is 0.0950. The molecule has 1 amide bonds. The van der Waals surface area contributed by atoms with Crippen LogP contribution in [0.5, 0.6) is 0 Å². The molecule has 0 aliphatic rings. The van der Waals surface area contributed by atoms with Crippen LogP contribution in [0.2, 0.25) is 5.02 Å². The molecule has 0 atom stereocenters. The average Bonchev–Trinajstić information content (AvgIpc) is 2.88. The second kappa shape index (κ2) is 6.93. The standard InChI is InChI=1S/C15H15ClN4O/c1-20-13(6-8-19-20)10-18-15(21)12-5-4-11(3-2-7-17)14(16)9-12/h4-6,8-9H,7,10,17H2,1H3,(H,18,21). The van der Waals surface area contributed by atoms with Crippen molar-refractivity contribution in [2.24, 2.45) is 12.8 Å². The lowest BCUT2D eigenvalue weighted by atomic mass is 10.1. The van der Waals surface area contributed by atoms with Gasteiger partial charge in [-0.3, -0.25) is 9.48 Å². The molecule has 0 unspecified atom stereocenters. The fourth-order valence-corrected chi connectivity index (χ4v) is 1.98. The molecule has 3 N–H and O–H groups in total. The van der Waals surface area contributed by atoms with E-state index in [1.807, 2.05) is 13.1 Å². The first-order valence-electron chi connectivity index (χ1n) is 6.35. The fourth-order valence-electron chi connectivity index (χ4n) is 1.75. The van der Waals surface area contributed by atoms with Crippen LogP contribution in [0.4, 0.5) is 0 Å². The van der Waals surface area contributed by atoms with Gasteiger partial charge in [-0.1, -0.05) is 23.4 Å².